The fourth-order valence-electron chi connectivity index (χ4n) is 0.859. The largest absolute Gasteiger partial charge is 0.464 e. The van der Waals surface area contributed by atoms with Crippen LogP contribution in [0.25, 0.3) is 0 Å². The molecule has 0 aliphatic heterocycles. The van der Waals surface area contributed by atoms with Crippen LogP contribution < -0.4 is 0 Å². The van der Waals surface area contributed by atoms with Gasteiger partial charge in [-0.15, -0.1) is 0 Å². The first-order valence-corrected chi connectivity index (χ1v) is 5.15. The molecule has 0 rings (SSSR count). The van der Waals surface area contributed by atoms with Gasteiger partial charge in [0.15, 0.2) is 0 Å². The minimum Gasteiger partial charge on any atom is -0.464 e. The normalized spacial score (nSPS) is 12.6. The number of rotatable bonds is 8. The van der Waals surface area contributed by atoms with Crippen LogP contribution in [0.2, 0.25) is 0 Å². The Morgan fingerprint density at radius 3 is 1.65 bits per heavy atom. The zero-order valence-electron chi connectivity index (χ0n) is 9.80. The Bertz CT molecular complexity index is 225. The molecular weight excluding hydrogens is 232 g/mol. The fourth-order valence-corrected chi connectivity index (χ4v) is 0.859. The lowest BCUT2D eigenvalue weighted by Gasteiger charge is -2.29. The van der Waals surface area contributed by atoms with Crippen LogP contribution in [0.4, 0.5) is 0 Å². The van der Waals surface area contributed by atoms with Crippen molar-refractivity contribution in [2.45, 2.75) is 6.92 Å². The Labute approximate surface area is 99.3 Å². The van der Waals surface area contributed by atoms with Gasteiger partial charge in [0.2, 0.25) is 0 Å². The van der Waals surface area contributed by atoms with Gasteiger partial charge in [0.25, 0.3) is 0 Å². The van der Waals surface area contributed by atoms with Gasteiger partial charge in [-0.2, -0.15) is 0 Å². The molecule has 0 fully saturated rings. The lowest BCUT2D eigenvalue weighted by molar-refractivity contribution is -0.167. The SMILES string of the molecule is CC(CO)(CO)C(=O)OCC(CO)(CO)CO. The number of aliphatic hydroxyl groups excluding tert-OH is 5. The van der Waals surface area contributed by atoms with Crippen LogP contribution in [0, 0.1) is 10.8 Å². The number of carbonyl (C=O) groups excluding carboxylic acids is 1. The van der Waals surface area contributed by atoms with E-state index in [4.69, 9.17) is 30.3 Å². The third-order valence-electron chi connectivity index (χ3n) is 2.71. The summed E-state index contributed by atoms with van der Waals surface area (Å²) in [4.78, 5) is 11.5. The second kappa shape index (κ2) is 6.87. The predicted molar refractivity (Wildman–Crippen MR) is 56.9 cm³/mol. The number of esters is 1. The first kappa shape index (κ1) is 16.3. The second-order valence-corrected chi connectivity index (χ2v) is 4.43. The minimum atomic E-state index is -1.44. The average Bonchev–Trinajstić information content (AvgIpc) is 2.39. The van der Waals surface area contributed by atoms with E-state index in [1.807, 2.05) is 0 Å². The molecule has 0 aromatic heterocycles. The van der Waals surface area contributed by atoms with Crippen molar-refractivity contribution in [3.05, 3.63) is 0 Å². The third-order valence-corrected chi connectivity index (χ3v) is 2.71. The fraction of sp³-hybridized carbons (Fsp3) is 0.900. The van der Waals surface area contributed by atoms with Crippen molar-refractivity contribution in [1.29, 1.82) is 0 Å². The third kappa shape index (κ3) is 3.90. The Balaban J connectivity index is 4.50. The van der Waals surface area contributed by atoms with E-state index in [1.165, 1.54) is 6.92 Å². The van der Waals surface area contributed by atoms with Crippen LogP contribution in [0.15, 0.2) is 0 Å². The number of ether oxygens (including phenoxy) is 1. The Kier molecular flexibility index (Phi) is 6.58. The van der Waals surface area contributed by atoms with E-state index in [0.29, 0.717) is 0 Å². The molecule has 0 aliphatic carbocycles. The molecule has 17 heavy (non-hydrogen) atoms. The molecule has 102 valence electrons. The Morgan fingerprint density at radius 1 is 0.941 bits per heavy atom. The highest BCUT2D eigenvalue weighted by atomic mass is 16.5. The number of hydrogen-bond acceptors (Lipinski definition) is 7. The van der Waals surface area contributed by atoms with Crippen molar-refractivity contribution in [3.63, 3.8) is 0 Å². The zero-order valence-corrected chi connectivity index (χ0v) is 9.80. The average molecular weight is 252 g/mol. The Hall–Kier alpha value is -0.730. The summed E-state index contributed by atoms with van der Waals surface area (Å²) in [5.74, 6) is -0.859. The van der Waals surface area contributed by atoms with Crippen LogP contribution >= 0.6 is 0 Å². The molecule has 0 spiro atoms. The van der Waals surface area contributed by atoms with Gasteiger partial charge < -0.3 is 30.3 Å². The van der Waals surface area contributed by atoms with Crippen LogP contribution in [0.1, 0.15) is 6.92 Å². The minimum absolute atomic E-state index is 0.398. The van der Waals surface area contributed by atoms with Gasteiger partial charge in [-0.25, -0.2) is 0 Å². The summed E-state index contributed by atoms with van der Waals surface area (Å²) in [6.07, 6.45) is 0. The van der Waals surface area contributed by atoms with E-state index in [-0.39, 0.29) is 0 Å². The summed E-state index contributed by atoms with van der Waals surface area (Å²) in [5.41, 5.74) is -2.76. The van der Waals surface area contributed by atoms with Gasteiger partial charge in [-0.1, -0.05) is 0 Å². The first-order valence-electron chi connectivity index (χ1n) is 5.15. The predicted octanol–water partition coefficient (Wildman–Crippen LogP) is -2.52. The molecule has 0 unspecified atom stereocenters. The molecule has 0 atom stereocenters. The number of carbonyl (C=O) groups is 1. The summed E-state index contributed by atoms with van der Waals surface area (Å²) in [7, 11) is 0. The summed E-state index contributed by atoms with van der Waals surface area (Å²) in [6, 6.07) is 0. The van der Waals surface area contributed by atoms with Crippen molar-refractivity contribution in [2.75, 3.05) is 39.6 Å². The van der Waals surface area contributed by atoms with Gasteiger partial charge in [-0.3, -0.25) is 4.79 Å². The Morgan fingerprint density at radius 2 is 1.35 bits per heavy atom. The van der Waals surface area contributed by atoms with E-state index in [0.717, 1.165) is 0 Å². The molecule has 0 aliphatic rings. The van der Waals surface area contributed by atoms with Gasteiger partial charge in [0.05, 0.1) is 38.4 Å². The molecule has 7 nitrogen and oxygen atoms in total. The molecule has 0 saturated carbocycles. The standard InChI is InChI=1S/C10H20O7/c1-9(2-11,3-12)8(16)17-7-10(4-13,5-14)6-15/h11-15H,2-7H2,1H3. The second-order valence-electron chi connectivity index (χ2n) is 4.43. The van der Waals surface area contributed by atoms with Crippen LogP contribution in [-0.4, -0.2) is 71.1 Å². The van der Waals surface area contributed by atoms with Gasteiger partial charge in [0.1, 0.15) is 12.0 Å². The van der Waals surface area contributed by atoms with Crippen molar-refractivity contribution in [1.82, 2.24) is 0 Å². The zero-order chi connectivity index (χ0) is 13.5. The van der Waals surface area contributed by atoms with Crippen LogP contribution in [-0.2, 0) is 9.53 Å². The number of hydrogen-bond donors (Lipinski definition) is 5. The van der Waals surface area contributed by atoms with Crippen molar-refractivity contribution < 1.29 is 35.1 Å². The monoisotopic (exact) mass is 252 g/mol. The molecule has 0 aromatic carbocycles. The number of aliphatic hydroxyl groups is 5. The smallest absolute Gasteiger partial charge is 0.316 e. The highest BCUT2D eigenvalue weighted by molar-refractivity contribution is 5.76. The lowest BCUT2D eigenvalue weighted by Crippen LogP contribution is -2.43. The molecule has 0 heterocycles. The van der Waals surface area contributed by atoms with Crippen LogP contribution in [0.5, 0.6) is 0 Å². The summed E-state index contributed by atoms with van der Waals surface area (Å²) >= 11 is 0. The van der Waals surface area contributed by atoms with E-state index >= 15 is 0 Å². The van der Waals surface area contributed by atoms with E-state index < -0.39 is 56.4 Å². The quantitative estimate of drug-likeness (QED) is 0.302. The van der Waals surface area contributed by atoms with Gasteiger partial charge in [-0.05, 0) is 6.92 Å². The molecule has 0 bridgehead atoms. The molecule has 0 aromatic rings. The molecular formula is C10H20O7. The molecule has 7 heteroatoms. The summed E-state index contributed by atoms with van der Waals surface area (Å²) in [5, 5.41) is 44.9. The topological polar surface area (TPSA) is 127 Å². The lowest BCUT2D eigenvalue weighted by atomic mass is 9.91. The van der Waals surface area contributed by atoms with Crippen molar-refractivity contribution >= 4 is 5.97 Å². The van der Waals surface area contributed by atoms with Crippen molar-refractivity contribution in [2.24, 2.45) is 10.8 Å². The van der Waals surface area contributed by atoms with E-state index in [9.17, 15) is 4.79 Å². The van der Waals surface area contributed by atoms with Crippen molar-refractivity contribution in [3.8, 4) is 0 Å². The highest BCUT2D eigenvalue weighted by Gasteiger charge is 2.37. The van der Waals surface area contributed by atoms with E-state index in [2.05, 4.69) is 0 Å². The van der Waals surface area contributed by atoms with Gasteiger partial charge >= 0.3 is 5.97 Å². The maximum Gasteiger partial charge on any atom is 0.316 e. The molecule has 0 radical (unpaired) electrons. The molecule has 0 saturated heterocycles. The van der Waals surface area contributed by atoms with Crippen LogP contribution in [0.3, 0.4) is 0 Å². The van der Waals surface area contributed by atoms with Gasteiger partial charge in [0, 0.05) is 0 Å². The maximum absolute atomic E-state index is 11.5. The summed E-state index contributed by atoms with van der Waals surface area (Å²) in [6.45, 7) is -1.93. The molecule has 5 N–H and O–H groups in total. The molecule has 0 amide bonds. The van der Waals surface area contributed by atoms with E-state index in [1.54, 1.807) is 0 Å². The summed E-state index contributed by atoms with van der Waals surface area (Å²) < 4.78 is 4.79. The highest BCUT2D eigenvalue weighted by Crippen LogP contribution is 2.20. The maximum atomic E-state index is 11.5. The first-order chi connectivity index (χ1) is 7.93.